The minimum atomic E-state index is -4.40. The number of rotatable bonds is 3. The Hall–Kier alpha value is -1.52. The van der Waals surface area contributed by atoms with E-state index in [1.807, 2.05) is 0 Å². The van der Waals surface area contributed by atoms with Crippen LogP contribution in [0.2, 0.25) is 0 Å². The molecule has 2 nitrogen and oxygen atoms in total. The normalized spacial score (nSPS) is 17.8. The topological polar surface area (TPSA) is 21.6 Å². The summed E-state index contributed by atoms with van der Waals surface area (Å²) in [6.07, 6.45) is 3.13. The van der Waals surface area contributed by atoms with E-state index in [1.165, 1.54) is 24.6 Å². The molecule has 0 spiro atoms. The van der Waals surface area contributed by atoms with Gasteiger partial charge in [0.25, 0.3) is 0 Å². The van der Waals surface area contributed by atoms with Gasteiger partial charge in [-0.25, -0.2) is 0 Å². The van der Waals surface area contributed by atoms with Crippen molar-refractivity contribution in [3.8, 4) is 0 Å². The van der Waals surface area contributed by atoms with Crippen molar-refractivity contribution in [3.05, 3.63) is 35.4 Å². The van der Waals surface area contributed by atoms with E-state index in [0.29, 0.717) is 0 Å². The van der Waals surface area contributed by atoms with Crippen molar-refractivity contribution in [1.29, 1.82) is 0 Å². The van der Waals surface area contributed by atoms with Crippen LogP contribution in [0.4, 0.5) is 13.2 Å². The Kier molecular flexibility index (Phi) is 4.45. The molecule has 0 amide bonds. The maximum absolute atomic E-state index is 12.7. The van der Waals surface area contributed by atoms with Gasteiger partial charge >= 0.3 is 6.18 Å². The molecule has 0 heterocycles. The fraction of sp³-hybridized carbons (Fsp3) is 0.500. The molecule has 0 aliphatic heterocycles. The zero-order valence-corrected chi connectivity index (χ0v) is 10.4. The summed E-state index contributed by atoms with van der Waals surface area (Å²) in [4.78, 5) is 5.20. The van der Waals surface area contributed by atoms with Crippen LogP contribution >= 0.6 is 0 Å². The lowest BCUT2D eigenvalue weighted by molar-refractivity contribution is -0.137. The van der Waals surface area contributed by atoms with Gasteiger partial charge in [0.1, 0.15) is 12.3 Å². The highest BCUT2D eigenvalue weighted by atomic mass is 19.4. The lowest BCUT2D eigenvalue weighted by atomic mass is 9.98. The smallest absolute Gasteiger partial charge is 0.392 e. The first-order chi connectivity index (χ1) is 9.07. The molecule has 19 heavy (non-hydrogen) atoms. The number of benzene rings is 1. The number of alkyl halides is 3. The van der Waals surface area contributed by atoms with Crippen LogP contribution in [0.3, 0.4) is 0 Å². The molecule has 0 bridgehead atoms. The molecule has 0 unspecified atom stereocenters. The quantitative estimate of drug-likeness (QED) is 0.594. The third-order valence-corrected chi connectivity index (χ3v) is 3.15. The summed E-state index contributed by atoms with van der Waals surface area (Å²) in [7, 11) is 0. The monoisotopic (exact) mass is 270 g/mol. The second-order valence-electron chi connectivity index (χ2n) is 4.61. The second kappa shape index (κ2) is 6.08. The average Bonchev–Trinajstić information content (AvgIpc) is 2.39. The fourth-order valence-electron chi connectivity index (χ4n) is 2.15. The fourth-order valence-corrected chi connectivity index (χ4v) is 2.15. The summed E-state index contributed by atoms with van der Waals surface area (Å²) in [5.74, 6) is 0. The molecule has 1 aromatic rings. The SMILES string of the molecule is FC(F)(F)c1ccccc1/[C]=N/OC1CCCCC1. The summed E-state index contributed by atoms with van der Waals surface area (Å²) >= 11 is 0. The zero-order valence-electron chi connectivity index (χ0n) is 10.4. The van der Waals surface area contributed by atoms with Gasteiger partial charge in [-0.05, 0) is 31.7 Å². The third kappa shape index (κ3) is 3.98. The molecule has 5 heteroatoms. The number of hydrogen-bond donors (Lipinski definition) is 0. The minimum absolute atomic E-state index is 0.0132. The van der Waals surface area contributed by atoms with E-state index in [0.717, 1.165) is 31.7 Å². The molecule has 0 N–H and O–H groups in total. The van der Waals surface area contributed by atoms with Crippen LogP contribution in [-0.4, -0.2) is 12.3 Å². The Morgan fingerprint density at radius 3 is 2.47 bits per heavy atom. The van der Waals surface area contributed by atoms with Gasteiger partial charge in [-0.15, -0.1) is 0 Å². The minimum Gasteiger partial charge on any atom is -0.392 e. The lowest BCUT2D eigenvalue weighted by Crippen LogP contribution is -2.14. The Labute approximate surface area is 110 Å². The van der Waals surface area contributed by atoms with Gasteiger partial charge in [0, 0.05) is 5.56 Å². The standard InChI is InChI=1S/C14H15F3NO/c15-14(16,17)13-9-5-4-6-11(13)10-18-19-12-7-2-1-3-8-12/h4-6,9,12H,1-3,7-8H2. The van der Waals surface area contributed by atoms with E-state index in [4.69, 9.17) is 4.84 Å². The van der Waals surface area contributed by atoms with E-state index < -0.39 is 11.7 Å². The van der Waals surface area contributed by atoms with Crippen LogP contribution in [-0.2, 0) is 11.0 Å². The van der Waals surface area contributed by atoms with Gasteiger partial charge in [-0.3, -0.25) is 0 Å². The Morgan fingerprint density at radius 1 is 1.11 bits per heavy atom. The van der Waals surface area contributed by atoms with Crippen molar-refractivity contribution in [3.63, 3.8) is 0 Å². The summed E-state index contributed by atoms with van der Waals surface area (Å²) < 4.78 is 38.1. The summed E-state index contributed by atoms with van der Waals surface area (Å²) in [6.45, 7) is 0. The molecule has 1 saturated carbocycles. The van der Waals surface area contributed by atoms with Gasteiger partial charge in [0.05, 0.1) is 5.56 Å². The molecule has 1 aromatic carbocycles. The maximum atomic E-state index is 12.7. The van der Waals surface area contributed by atoms with Crippen molar-refractivity contribution in [2.45, 2.75) is 44.4 Å². The molecule has 0 saturated heterocycles. The molecule has 1 radical (unpaired) electrons. The molecule has 0 aromatic heterocycles. The van der Waals surface area contributed by atoms with Crippen LogP contribution < -0.4 is 0 Å². The summed E-state index contributed by atoms with van der Waals surface area (Å²) in [5.41, 5.74) is -0.836. The van der Waals surface area contributed by atoms with Crippen LogP contribution in [0.1, 0.15) is 43.2 Å². The van der Waals surface area contributed by atoms with E-state index in [1.54, 1.807) is 0 Å². The van der Waals surface area contributed by atoms with E-state index in [2.05, 4.69) is 11.4 Å². The van der Waals surface area contributed by atoms with Gasteiger partial charge in [0.2, 0.25) is 0 Å². The van der Waals surface area contributed by atoms with Crippen molar-refractivity contribution < 1.29 is 18.0 Å². The predicted octanol–water partition coefficient (Wildman–Crippen LogP) is 4.27. The van der Waals surface area contributed by atoms with Gasteiger partial charge in [-0.2, -0.15) is 13.2 Å². The first-order valence-corrected chi connectivity index (χ1v) is 6.35. The van der Waals surface area contributed by atoms with Gasteiger partial charge in [0.15, 0.2) is 0 Å². The van der Waals surface area contributed by atoms with Crippen LogP contribution in [0.5, 0.6) is 0 Å². The van der Waals surface area contributed by atoms with E-state index >= 15 is 0 Å². The Balaban J connectivity index is 2.02. The molecule has 1 aliphatic carbocycles. The van der Waals surface area contributed by atoms with Crippen LogP contribution in [0, 0.1) is 0 Å². The Morgan fingerprint density at radius 2 is 1.79 bits per heavy atom. The average molecular weight is 270 g/mol. The highest BCUT2D eigenvalue weighted by molar-refractivity contribution is 5.81. The summed E-state index contributed by atoms with van der Waals surface area (Å²) in [6, 6.07) is 5.21. The largest absolute Gasteiger partial charge is 0.417 e. The molecular weight excluding hydrogens is 255 g/mol. The van der Waals surface area contributed by atoms with Crippen molar-refractivity contribution in [1.82, 2.24) is 0 Å². The van der Waals surface area contributed by atoms with E-state index in [9.17, 15) is 13.2 Å². The predicted molar refractivity (Wildman–Crippen MR) is 65.9 cm³/mol. The Bertz CT molecular complexity index is 437. The highest BCUT2D eigenvalue weighted by Crippen LogP contribution is 2.31. The third-order valence-electron chi connectivity index (χ3n) is 3.15. The zero-order chi connectivity index (χ0) is 13.7. The molecule has 1 fully saturated rings. The first-order valence-electron chi connectivity index (χ1n) is 6.35. The molecule has 2 rings (SSSR count). The lowest BCUT2D eigenvalue weighted by Gasteiger charge is -2.18. The molecule has 1 aliphatic rings. The van der Waals surface area contributed by atoms with Crippen LogP contribution in [0.15, 0.2) is 29.4 Å². The summed E-state index contributed by atoms with van der Waals surface area (Å²) in [5, 5.41) is 3.59. The molecular formula is C14H15F3NO. The first kappa shape index (κ1) is 13.9. The van der Waals surface area contributed by atoms with Crippen LogP contribution in [0.25, 0.3) is 0 Å². The van der Waals surface area contributed by atoms with Gasteiger partial charge in [-0.1, -0.05) is 29.8 Å². The molecule has 0 atom stereocenters. The van der Waals surface area contributed by atoms with Crippen molar-refractivity contribution in [2.75, 3.05) is 0 Å². The molecule has 103 valence electrons. The number of nitrogens with zero attached hydrogens (tertiary/aromatic N) is 1. The van der Waals surface area contributed by atoms with E-state index in [-0.39, 0.29) is 11.7 Å². The number of halogens is 3. The van der Waals surface area contributed by atoms with Crippen molar-refractivity contribution in [2.24, 2.45) is 5.16 Å². The second-order valence-corrected chi connectivity index (χ2v) is 4.61. The highest BCUT2D eigenvalue weighted by Gasteiger charge is 2.32. The van der Waals surface area contributed by atoms with Crippen molar-refractivity contribution >= 4 is 6.21 Å². The van der Waals surface area contributed by atoms with Gasteiger partial charge < -0.3 is 4.84 Å². The number of hydrogen-bond acceptors (Lipinski definition) is 2. The maximum Gasteiger partial charge on any atom is 0.417 e.